The molecule has 0 aromatic heterocycles. The highest BCUT2D eigenvalue weighted by Gasteiger charge is 2.25. The van der Waals surface area contributed by atoms with Gasteiger partial charge in [-0.15, -0.1) is 0 Å². The molecule has 0 unspecified atom stereocenters. The first-order valence-electron chi connectivity index (χ1n) is 9.86. The molecule has 4 heteroatoms. The van der Waals surface area contributed by atoms with Crippen molar-refractivity contribution in [2.75, 3.05) is 37.6 Å². The predicted octanol–water partition coefficient (Wildman–Crippen LogP) is 4.57. The highest BCUT2D eigenvalue weighted by atomic mass is 16.2. The van der Waals surface area contributed by atoms with Crippen LogP contribution >= 0.6 is 0 Å². The van der Waals surface area contributed by atoms with E-state index < -0.39 is 0 Å². The summed E-state index contributed by atoms with van der Waals surface area (Å²) in [6.07, 6.45) is 2.16. The second-order valence-corrected chi connectivity index (χ2v) is 7.65. The van der Waals surface area contributed by atoms with Gasteiger partial charge in [-0.05, 0) is 29.4 Å². The third-order valence-electron chi connectivity index (χ3n) is 5.03. The van der Waals surface area contributed by atoms with E-state index >= 15 is 0 Å². The lowest BCUT2D eigenvalue weighted by molar-refractivity contribution is 0.194. The lowest BCUT2D eigenvalue weighted by Gasteiger charge is -2.39. The molecule has 0 saturated carbocycles. The van der Waals surface area contributed by atoms with Gasteiger partial charge < -0.3 is 15.1 Å². The zero-order valence-corrected chi connectivity index (χ0v) is 16.6. The van der Waals surface area contributed by atoms with E-state index in [4.69, 9.17) is 0 Å². The Morgan fingerprint density at radius 3 is 2.08 bits per heavy atom. The molecule has 2 amide bonds. The minimum absolute atomic E-state index is 0.0920. The molecule has 1 aliphatic rings. The molecule has 1 N–H and O–H groups in total. The number of unbranched alkanes of at least 4 members (excludes halogenated alkanes) is 1. The summed E-state index contributed by atoms with van der Waals surface area (Å²) in [5, 5.41) is 3.04. The van der Waals surface area contributed by atoms with Gasteiger partial charge in [0.1, 0.15) is 0 Å². The minimum atomic E-state index is 0.0920. The first-order chi connectivity index (χ1) is 12.0. The average molecular weight is 346 g/mol. The first kappa shape index (κ1) is 19.6. The SMILES string of the molecule is CCCCNC(=O)N1CCN(c2c(C(C)C)cccc2C(C)C)CC1. The zero-order chi connectivity index (χ0) is 18.4. The zero-order valence-electron chi connectivity index (χ0n) is 16.6. The van der Waals surface area contributed by atoms with Crippen LogP contribution in [-0.4, -0.2) is 43.7 Å². The van der Waals surface area contributed by atoms with E-state index in [-0.39, 0.29) is 6.03 Å². The van der Waals surface area contributed by atoms with Crippen molar-refractivity contribution in [1.82, 2.24) is 10.2 Å². The fourth-order valence-electron chi connectivity index (χ4n) is 3.49. The normalized spacial score (nSPS) is 15.2. The maximum atomic E-state index is 12.3. The van der Waals surface area contributed by atoms with Gasteiger partial charge in [-0.2, -0.15) is 0 Å². The fourth-order valence-corrected chi connectivity index (χ4v) is 3.49. The van der Waals surface area contributed by atoms with Crippen molar-refractivity contribution < 1.29 is 4.79 Å². The quantitative estimate of drug-likeness (QED) is 0.767. The van der Waals surface area contributed by atoms with Crippen LogP contribution in [-0.2, 0) is 0 Å². The summed E-state index contributed by atoms with van der Waals surface area (Å²) in [6.45, 7) is 15.4. The number of hydrogen-bond acceptors (Lipinski definition) is 2. The highest BCUT2D eigenvalue weighted by Crippen LogP contribution is 2.35. The van der Waals surface area contributed by atoms with Crippen LogP contribution in [0.4, 0.5) is 10.5 Å². The van der Waals surface area contributed by atoms with Gasteiger partial charge >= 0.3 is 6.03 Å². The first-order valence-corrected chi connectivity index (χ1v) is 9.86. The molecule has 1 aromatic rings. The third-order valence-corrected chi connectivity index (χ3v) is 5.03. The molecule has 1 saturated heterocycles. The monoisotopic (exact) mass is 345 g/mol. The Bertz CT molecular complexity index is 534. The maximum absolute atomic E-state index is 12.3. The lowest BCUT2D eigenvalue weighted by Crippen LogP contribution is -2.52. The fraction of sp³-hybridized carbons (Fsp3) is 0.667. The van der Waals surface area contributed by atoms with Crippen molar-refractivity contribution in [2.45, 2.75) is 59.3 Å². The van der Waals surface area contributed by atoms with Gasteiger partial charge in [-0.25, -0.2) is 4.79 Å². The van der Waals surface area contributed by atoms with Crippen LogP contribution in [0, 0.1) is 0 Å². The highest BCUT2D eigenvalue weighted by molar-refractivity contribution is 5.74. The van der Waals surface area contributed by atoms with E-state index in [1.54, 1.807) is 0 Å². The Morgan fingerprint density at radius 1 is 1.04 bits per heavy atom. The minimum Gasteiger partial charge on any atom is -0.368 e. The van der Waals surface area contributed by atoms with Gasteiger partial charge in [0.05, 0.1) is 0 Å². The van der Waals surface area contributed by atoms with Crippen molar-refractivity contribution in [3.8, 4) is 0 Å². The number of amides is 2. The second-order valence-electron chi connectivity index (χ2n) is 7.65. The number of rotatable bonds is 6. The summed E-state index contributed by atoms with van der Waals surface area (Å²) in [7, 11) is 0. The molecule has 1 heterocycles. The number of anilines is 1. The molecule has 0 aliphatic carbocycles. The molecule has 1 fully saturated rings. The Kier molecular flexibility index (Phi) is 7.15. The molecule has 1 aliphatic heterocycles. The molecule has 4 nitrogen and oxygen atoms in total. The van der Waals surface area contributed by atoms with Crippen molar-refractivity contribution >= 4 is 11.7 Å². The smallest absolute Gasteiger partial charge is 0.317 e. The second kappa shape index (κ2) is 9.12. The van der Waals surface area contributed by atoms with Crippen LogP contribution in [0.2, 0.25) is 0 Å². The predicted molar refractivity (Wildman–Crippen MR) is 107 cm³/mol. The van der Waals surface area contributed by atoms with Gasteiger partial charge in [0, 0.05) is 38.4 Å². The topological polar surface area (TPSA) is 35.6 Å². The summed E-state index contributed by atoms with van der Waals surface area (Å²) in [5.41, 5.74) is 4.25. The number of hydrogen-bond donors (Lipinski definition) is 1. The van der Waals surface area contributed by atoms with Crippen LogP contribution in [0.1, 0.15) is 70.4 Å². The van der Waals surface area contributed by atoms with Crippen LogP contribution < -0.4 is 10.2 Å². The maximum Gasteiger partial charge on any atom is 0.317 e. The Morgan fingerprint density at radius 2 is 1.60 bits per heavy atom. The molecule has 0 atom stereocenters. The van der Waals surface area contributed by atoms with E-state index in [0.717, 1.165) is 45.6 Å². The number of para-hydroxylation sites is 1. The van der Waals surface area contributed by atoms with Crippen molar-refractivity contribution in [3.05, 3.63) is 29.3 Å². The Balaban J connectivity index is 2.09. The van der Waals surface area contributed by atoms with Gasteiger partial charge in [-0.1, -0.05) is 59.2 Å². The third kappa shape index (κ3) is 4.90. The Labute approximate surface area is 153 Å². The number of benzene rings is 1. The van der Waals surface area contributed by atoms with E-state index in [1.165, 1.54) is 16.8 Å². The van der Waals surface area contributed by atoms with E-state index in [0.29, 0.717) is 11.8 Å². The summed E-state index contributed by atoms with van der Waals surface area (Å²) < 4.78 is 0. The largest absolute Gasteiger partial charge is 0.368 e. The number of nitrogens with zero attached hydrogens (tertiary/aromatic N) is 2. The molecular formula is C21H35N3O. The average Bonchev–Trinajstić information content (AvgIpc) is 2.61. The van der Waals surface area contributed by atoms with Crippen molar-refractivity contribution in [2.24, 2.45) is 0 Å². The number of piperazine rings is 1. The lowest BCUT2D eigenvalue weighted by atomic mass is 9.91. The number of urea groups is 1. The number of carbonyl (C=O) groups is 1. The summed E-state index contributed by atoms with van der Waals surface area (Å²) in [6, 6.07) is 6.80. The molecule has 1 aromatic carbocycles. The van der Waals surface area contributed by atoms with Gasteiger partial charge in [0.15, 0.2) is 0 Å². The standard InChI is InChI=1S/C21H35N3O/c1-6-7-11-22-21(25)24-14-12-23(13-15-24)20-18(16(2)3)9-8-10-19(20)17(4)5/h8-10,16-17H,6-7,11-15H2,1-5H3,(H,22,25). The van der Waals surface area contributed by atoms with Crippen LogP contribution in [0.15, 0.2) is 18.2 Å². The summed E-state index contributed by atoms with van der Waals surface area (Å²) in [4.78, 5) is 16.7. The molecule has 0 spiro atoms. The van der Waals surface area contributed by atoms with Gasteiger partial charge in [0.2, 0.25) is 0 Å². The van der Waals surface area contributed by atoms with E-state index in [9.17, 15) is 4.79 Å². The molecule has 25 heavy (non-hydrogen) atoms. The molecular weight excluding hydrogens is 310 g/mol. The van der Waals surface area contributed by atoms with Crippen LogP contribution in [0.3, 0.4) is 0 Å². The van der Waals surface area contributed by atoms with Crippen LogP contribution in [0.25, 0.3) is 0 Å². The molecule has 0 radical (unpaired) electrons. The van der Waals surface area contributed by atoms with Crippen molar-refractivity contribution in [3.63, 3.8) is 0 Å². The number of nitrogens with one attached hydrogen (secondary N) is 1. The molecule has 0 bridgehead atoms. The molecule has 2 rings (SSSR count). The number of carbonyl (C=O) groups excluding carboxylic acids is 1. The van der Waals surface area contributed by atoms with Gasteiger partial charge in [-0.3, -0.25) is 0 Å². The Hall–Kier alpha value is -1.71. The van der Waals surface area contributed by atoms with E-state index in [1.807, 2.05) is 4.90 Å². The molecule has 140 valence electrons. The van der Waals surface area contributed by atoms with Crippen LogP contribution in [0.5, 0.6) is 0 Å². The summed E-state index contributed by atoms with van der Waals surface area (Å²) in [5.74, 6) is 1.01. The van der Waals surface area contributed by atoms with Gasteiger partial charge in [0.25, 0.3) is 0 Å². The van der Waals surface area contributed by atoms with E-state index in [2.05, 4.69) is 63.0 Å². The summed E-state index contributed by atoms with van der Waals surface area (Å²) >= 11 is 0. The van der Waals surface area contributed by atoms with Crippen molar-refractivity contribution in [1.29, 1.82) is 0 Å².